The van der Waals surface area contributed by atoms with Crippen LogP contribution in [0, 0.1) is 11.3 Å². The molecule has 8 heteroatoms. The Morgan fingerprint density at radius 1 is 1.29 bits per heavy atom. The molecule has 7 nitrogen and oxygen atoms in total. The Hall–Kier alpha value is -1.30. The molecule has 0 amide bonds. The maximum atomic E-state index is 8.78. The van der Waals surface area contributed by atoms with Crippen molar-refractivity contribution >= 4 is 17.7 Å². The van der Waals surface area contributed by atoms with Gasteiger partial charge in [0.25, 0.3) is 0 Å². The Morgan fingerprint density at radius 2 is 2.14 bits per heavy atom. The van der Waals surface area contributed by atoms with Crippen molar-refractivity contribution in [2.75, 3.05) is 43.6 Å². The lowest BCUT2D eigenvalue weighted by Crippen LogP contribution is -2.38. The van der Waals surface area contributed by atoms with Crippen molar-refractivity contribution < 1.29 is 9.47 Å². The molecule has 0 spiro atoms. The summed E-state index contributed by atoms with van der Waals surface area (Å²) in [5.74, 6) is 1.25. The minimum absolute atomic E-state index is 0.224. The fraction of sp³-hybridized carbons (Fsp3) is 0.769. The molecule has 0 N–H and O–H groups in total. The number of nitrogens with zero attached hydrogens (tertiary/aromatic N) is 5. The second-order valence-corrected chi connectivity index (χ2v) is 6.02. The van der Waals surface area contributed by atoms with Gasteiger partial charge in [-0.3, -0.25) is 4.57 Å². The van der Waals surface area contributed by atoms with Gasteiger partial charge in [0.1, 0.15) is 0 Å². The number of nitriles is 1. The Bertz CT molecular complexity index is 503. The normalized spacial score (nSPS) is 22.4. The van der Waals surface area contributed by atoms with Crippen LogP contribution in [0.2, 0.25) is 0 Å². The van der Waals surface area contributed by atoms with E-state index in [0.717, 1.165) is 50.2 Å². The Kier molecular flexibility index (Phi) is 4.95. The number of rotatable bonds is 5. The van der Waals surface area contributed by atoms with E-state index in [0.29, 0.717) is 19.0 Å². The Labute approximate surface area is 128 Å². The van der Waals surface area contributed by atoms with E-state index in [1.165, 1.54) is 11.8 Å². The molecule has 114 valence electrons. The molecule has 1 atom stereocenters. The highest BCUT2D eigenvalue weighted by atomic mass is 32.2. The predicted octanol–water partition coefficient (Wildman–Crippen LogP) is 0.909. The summed E-state index contributed by atoms with van der Waals surface area (Å²) < 4.78 is 13.2. The van der Waals surface area contributed by atoms with E-state index in [2.05, 4.69) is 25.7 Å². The quantitative estimate of drug-likeness (QED) is 0.748. The zero-order chi connectivity index (χ0) is 14.5. The first-order valence-electron chi connectivity index (χ1n) is 7.25. The molecule has 3 rings (SSSR count). The monoisotopic (exact) mass is 309 g/mol. The first-order chi connectivity index (χ1) is 10.4. The number of aromatic nitrogens is 3. The summed E-state index contributed by atoms with van der Waals surface area (Å²) in [6.45, 7) is 4.67. The molecule has 2 aliphatic rings. The van der Waals surface area contributed by atoms with Gasteiger partial charge < -0.3 is 14.4 Å². The molecule has 1 aromatic rings. The van der Waals surface area contributed by atoms with E-state index >= 15 is 0 Å². The van der Waals surface area contributed by atoms with Crippen molar-refractivity contribution in [2.45, 2.75) is 30.6 Å². The number of anilines is 1. The van der Waals surface area contributed by atoms with Crippen LogP contribution in [-0.2, 0) is 16.0 Å². The summed E-state index contributed by atoms with van der Waals surface area (Å²) in [6, 6.07) is 2.14. The second kappa shape index (κ2) is 7.11. The second-order valence-electron chi connectivity index (χ2n) is 5.07. The summed E-state index contributed by atoms with van der Waals surface area (Å²) in [5.41, 5.74) is 0. The molecule has 3 heterocycles. The fourth-order valence-corrected chi connectivity index (χ4v) is 3.24. The molecule has 0 aliphatic carbocycles. The number of thioether (sulfide) groups is 1. The van der Waals surface area contributed by atoms with Crippen LogP contribution in [0.5, 0.6) is 0 Å². The zero-order valence-corrected chi connectivity index (χ0v) is 12.7. The molecule has 0 unspecified atom stereocenters. The average Bonchev–Trinajstić information content (AvgIpc) is 3.17. The maximum absolute atomic E-state index is 8.78. The van der Waals surface area contributed by atoms with E-state index in [1.54, 1.807) is 0 Å². The highest BCUT2D eigenvalue weighted by molar-refractivity contribution is 7.99. The van der Waals surface area contributed by atoms with E-state index in [9.17, 15) is 0 Å². The van der Waals surface area contributed by atoms with Gasteiger partial charge in [-0.1, -0.05) is 11.8 Å². The lowest BCUT2D eigenvalue weighted by Gasteiger charge is -2.28. The zero-order valence-electron chi connectivity index (χ0n) is 11.9. The van der Waals surface area contributed by atoms with Crippen molar-refractivity contribution in [3.8, 4) is 6.07 Å². The van der Waals surface area contributed by atoms with Crippen LogP contribution < -0.4 is 4.90 Å². The highest BCUT2D eigenvalue weighted by Crippen LogP contribution is 2.25. The minimum Gasteiger partial charge on any atom is -0.378 e. The van der Waals surface area contributed by atoms with Gasteiger partial charge in [-0.2, -0.15) is 5.26 Å². The van der Waals surface area contributed by atoms with E-state index < -0.39 is 0 Å². The van der Waals surface area contributed by atoms with Gasteiger partial charge in [0.05, 0.1) is 37.7 Å². The summed E-state index contributed by atoms with van der Waals surface area (Å²) in [4.78, 5) is 2.20. The molecule has 0 bridgehead atoms. The third kappa shape index (κ3) is 3.48. The Morgan fingerprint density at radius 3 is 2.86 bits per heavy atom. The van der Waals surface area contributed by atoms with E-state index in [-0.39, 0.29) is 6.10 Å². The third-order valence-corrected chi connectivity index (χ3v) is 4.50. The lowest BCUT2D eigenvalue weighted by molar-refractivity contribution is 0.0942. The van der Waals surface area contributed by atoms with Gasteiger partial charge in [-0.25, -0.2) is 0 Å². The summed E-state index contributed by atoms with van der Waals surface area (Å²) in [7, 11) is 0. The number of hydrogen-bond donors (Lipinski definition) is 0. The van der Waals surface area contributed by atoms with Crippen LogP contribution in [0.25, 0.3) is 0 Å². The molecule has 0 radical (unpaired) electrons. The third-order valence-electron chi connectivity index (χ3n) is 3.67. The summed E-state index contributed by atoms with van der Waals surface area (Å²) in [5, 5.41) is 18.2. The minimum atomic E-state index is 0.224. The standard InChI is InChI=1S/C13H19N5O2S/c14-3-9-21-13-16-15-12(17-4-7-19-8-5-17)18(13)10-11-2-1-6-20-11/h11H,1-2,4-10H2/t11-/m0/s1. The van der Waals surface area contributed by atoms with Crippen LogP contribution in [0.4, 0.5) is 5.95 Å². The van der Waals surface area contributed by atoms with Crippen molar-refractivity contribution in [3.05, 3.63) is 0 Å². The van der Waals surface area contributed by atoms with Crippen molar-refractivity contribution in [2.24, 2.45) is 0 Å². The molecule has 1 aromatic heterocycles. The van der Waals surface area contributed by atoms with Crippen LogP contribution in [0.1, 0.15) is 12.8 Å². The SMILES string of the molecule is N#CCSc1nnc(N2CCOCC2)n1C[C@@H]1CCCO1. The van der Waals surface area contributed by atoms with E-state index in [4.69, 9.17) is 14.7 Å². The molecular weight excluding hydrogens is 290 g/mol. The van der Waals surface area contributed by atoms with E-state index in [1.807, 2.05) is 0 Å². The van der Waals surface area contributed by atoms with Gasteiger partial charge in [-0.05, 0) is 12.8 Å². The van der Waals surface area contributed by atoms with Crippen molar-refractivity contribution in [1.29, 1.82) is 5.26 Å². The number of ether oxygens (including phenoxy) is 2. The van der Waals surface area contributed by atoms with Crippen LogP contribution in [0.3, 0.4) is 0 Å². The van der Waals surface area contributed by atoms with Gasteiger partial charge in [0.2, 0.25) is 5.95 Å². The summed E-state index contributed by atoms with van der Waals surface area (Å²) >= 11 is 1.43. The first-order valence-corrected chi connectivity index (χ1v) is 8.24. The molecule has 21 heavy (non-hydrogen) atoms. The van der Waals surface area contributed by atoms with Crippen molar-refractivity contribution in [1.82, 2.24) is 14.8 Å². The van der Waals surface area contributed by atoms with Crippen molar-refractivity contribution in [3.63, 3.8) is 0 Å². The number of morpholine rings is 1. The average molecular weight is 309 g/mol. The van der Waals surface area contributed by atoms with Gasteiger partial charge in [-0.15, -0.1) is 10.2 Å². The predicted molar refractivity (Wildman–Crippen MR) is 78.4 cm³/mol. The van der Waals surface area contributed by atoms with Crippen LogP contribution in [-0.4, -0.2) is 59.5 Å². The molecular formula is C13H19N5O2S. The first kappa shape index (κ1) is 14.6. The smallest absolute Gasteiger partial charge is 0.228 e. The molecule has 2 aliphatic heterocycles. The fourth-order valence-electron chi connectivity index (χ4n) is 2.63. The molecule has 2 fully saturated rings. The largest absolute Gasteiger partial charge is 0.378 e. The van der Waals surface area contributed by atoms with Gasteiger partial charge in [0.15, 0.2) is 5.16 Å². The number of hydrogen-bond acceptors (Lipinski definition) is 7. The lowest BCUT2D eigenvalue weighted by atomic mass is 10.2. The highest BCUT2D eigenvalue weighted by Gasteiger charge is 2.24. The topological polar surface area (TPSA) is 76.2 Å². The van der Waals surface area contributed by atoms with Gasteiger partial charge in [0, 0.05) is 19.7 Å². The van der Waals surface area contributed by atoms with Gasteiger partial charge >= 0.3 is 0 Å². The molecule has 0 saturated carbocycles. The van der Waals surface area contributed by atoms with Crippen LogP contribution >= 0.6 is 11.8 Å². The maximum Gasteiger partial charge on any atom is 0.228 e. The molecule has 2 saturated heterocycles. The molecule has 0 aromatic carbocycles. The summed E-state index contributed by atoms with van der Waals surface area (Å²) in [6.07, 6.45) is 2.41. The van der Waals surface area contributed by atoms with Crippen LogP contribution in [0.15, 0.2) is 5.16 Å². The Balaban J connectivity index is 1.79.